The van der Waals surface area contributed by atoms with Crippen molar-refractivity contribution in [2.75, 3.05) is 0 Å². The minimum Gasteiger partial charge on any atom is -0.489 e. The summed E-state index contributed by atoms with van der Waals surface area (Å²) in [4.78, 5) is 0. The van der Waals surface area contributed by atoms with E-state index in [1.165, 1.54) is 43.2 Å². The summed E-state index contributed by atoms with van der Waals surface area (Å²) in [5.74, 6) is 1.82. The number of hydrogen-bond donors (Lipinski definition) is 1. The van der Waals surface area contributed by atoms with Crippen molar-refractivity contribution in [3.63, 3.8) is 0 Å². The first-order valence-electron chi connectivity index (χ1n) is 7.80. The zero-order valence-corrected chi connectivity index (χ0v) is 11.9. The van der Waals surface area contributed by atoms with Crippen molar-refractivity contribution >= 4 is 0 Å². The first-order chi connectivity index (χ1) is 9.26. The molecular weight excluding hydrogens is 234 g/mol. The van der Waals surface area contributed by atoms with Crippen molar-refractivity contribution in [2.45, 2.75) is 64.0 Å². The summed E-state index contributed by atoms with van der Waals surface area (Å²) in [6, 6.07) is 6.82. The Morgan fingerprint density at radius 3 is 2.89 bits per heavy atom. The summed E-state index contributed by atoms with van der Waals surface area (Å²) < 4.78 is 6.20. The van der Waals surface area contributed by atoms with E-state index >= 15 is 0 Å². The fraction of sp³-hybridized carbons (Fsp3) is 0.647. The molecule has 3 rings (SSSR count). The van der Waals surface area contributed by atoms with Gasteiger partial charge in [0.05, 0.1) is 0 Å². The molecule has 19 heavy (non-hydrogen) atoms. The van der Waals surface area contributed by atoms with Gasteiger partial charge in [-0.25, -0.2) is 0 Å². The lowest BCUT2D eigenvalue weighted by molar-refractivity contribution is 0.101. The van der Waals surface area contributed by atoms with Crippen LogP contribution in [0.2, 0.25) is 0 Å². The third-order valence-corrected chi connectivity index (χ3v) is 4.89. The Bertz CT molecular complexity index is 443. The maximum Gasteiger partial charge on any atom is 0.120 e. The molecule has 1 aromatic carbocycles. The summed E-state index contributed by atoms with van der Waals surface area (Å²) >= 11 is 0. The molecule has 0 spiro atoms. The van der Waals surface area contributed by atoms with Gasteiger partial charge in [-0.05, 0) is 67.7 Å². The summed E-state index contributed by atoms with van der Waals surface area (Å²) in [6.07, 6.45) is 8.68. The number of aryl methyl sites for hydroxylation is 2. The van der Waals surface area contributed by atoms with Gasteiger partial charge in [0.1, 0.15) is 11.9 Å². The highest BCUT2D eigenvalue weighted by Gasteiger charge is 2.29. The van der Waals surface area contributed by atoms with Gasteiger partial charge in [-0.3, -0.25) is 0 Å². The van der Waals surface area contributed by atoms with E-state index in [0.29, 0.717) is 0 Å². The Hall–Kier alpha value is -1.02. The molecule has 2 heteroatoms. The van der Waals surface area contributed by atoms with Crippen molar-refractivity contribution in [3.8, 4) is 5.75 Å². The second-order valence-corrected chi connectivity index (χ2v) is 6.19. The fourth-order valence-electron chi connectivity index (χ4n) is 3.54. The van der Waals surface area contributed by atoms with Crippen LogP contribution in [0.3, 0.4) is 0 Å². The van der Waals surface area contributed by atoms with Gasteiger partial charge < -0.3 is 10.5 Å². The van der Waals surface area contributed by atoms with E-state index in [1.807, 2.05) is 0 Å². The standard InChI is InChI=1S/C17H25NO/c1-2-12-6-9-16(18)17(10-12)19-15-8-7-13-4-3-5-14(13)11-15/h7-8,11-12,16-17H,2-6,9-10,18H2,1H3. The van der Waals surface area contributed by atoms with Crippen LogP contribution in [0, 0.1) is 5.92 Å². The lowest BCUT2D eigenvalue weighted by Crippen LogP contribution is -2.43. The molecule has 0 saturated heterocycles. The van der Waals surface area contributed by atoms with E-state index in [-0.39, 0.29) is 12.1 Å². The topological polar surface area (TPSA) is 35.2 Å². The van der Waals surface area contributed by atoms with Crippen LogP contribution in [-0.2, 0) is 12.8 Å². The molecule has 0 aliphatic heterocycles. The molecule has 104 valence electrons. The van der Waals surface area contributed by atoms with Crippen LogP contribution >= 0.6 is 0 Å². The Labute approximate surface area is 116 Å². The van der Waals surface area contributed by atoms with E-state index < -0.39 is 0 Å². The fourth-order valence-corrected chi connectivity index (χ4v) is 3.54. The van der Waals surface area contributed by atoms with Gasteiger partial charge in [-0.2, -0.15) is 0 Å². The molecule has 1 saturated carbocycles. The monoisotopic (exact) mass is 259 g/mol. The van der Waals surface area contributed by atoms with Gasteiger partial charge in [0.25, 0.3) is 0 Å². The molecule has 2 aliphatic carbocycles. The maximum atomic E-state index is 6.23. The third kappa shape index (κ3) is 2.79. The Kier molecular flexibility index (Phi) is 3.79. The second-order valence-electron chi connectivity index (χ2n) is 6.19. The molecule has 0 amide bonds. The summed E-state index contributed by atoms with van der Waals surface area (Å²) in [6.45, 7) is 2.27. The molecule has 1 aromatic rings. The predicted molar refractivity (Wildman–Crippen MR) is 78.5 cm³/mol. The zero-order valence-electron chi connectivity index (χ0n) is 11.9. The highest BCUT2D eigenvalue weighted by atomic mass is 16.5. The lowest BCUT2D eigenvalue weighted by Gasteiger charge is -2.34. The number of nitrogens with two attached hydrogens (primary N) is 1. The second kappa shape index (κ2) is 5.54. The van der Waals surface area contributed by atoms with Crippen LogP contribution in [0.4, 0.5) is 0 Å². The van der Waals surface area contributed by atoms with Crippen molar-refractivity contribution in [1.82, 2.24) is 0 Å². The largest absolute Gasteiger partial charge is 0.489 e. The number of fused-ring (bicyclic) bond motifs is 1. The van der Waals surface area contributed by atoms with E-state index in [1.54, 1.807) is 0 Å². The molecule has 2 N–H and O–H groups in total. The SMILES string of the molecule is CCC1CCC(N)C(Oc2ccc3c(c2)CCC3)C1. The van der Waals surface area contributed by atoms with Gasteiger partial charge in [0.15, 0.2) is 0 Å². The molecule has 3 unspecified atom stereocenters. The van der Waals surface area contributed by atoms with Crippen molar-refractivity contribution in [1.29, 1.82) is 0 Å². The van der Waals surface area contributed by atoms with Gasteiger partial charge in [0, 0.05) is 6.04 Å². The normalized spacial score (nSPS) is 30.1. The van der Waals surface area contributed by atoms with Crippen LogP contribution in [0.5, 0.6) is 5.75 Å². The van der Waals surface area contributed by atoms with Gasteiger partial charge in [-0.15, -0.1) is 0 Å². The smallest absolute Gasteiger partial charge is 0.120 e. The zero-order chi connectivity index (χ0) is 13.2. The van der Waals surface area contributed by atoms with Gasteiger partial charge in [-0.1, -0.05) is 19.4 Å². The molecule has 0 bridgehead atoms. The van der Waals surface area contributed by atoms with Crippen LogP contribution in [0.25, 0.3) is 0 Å². The average molecular weight is 259 g/mol. The number of benzene rings is 1. The van der Waals surface area contributed by atoms with Crippen molar-refractivity contribution < 1.29 is 4.74 Å². The molecule has 0 heterocycles. The highest BCUT2D eigenvalue weighted by Crippen LogP contribution is 2.31. The summed E-state index contributed by atoms with van der Waals surface area (Å²) in [5, 5.41) is 0. The van der Waals surface area contributed by atoms with Crippen molar-refractivity contribution in [2.24, 2.45) is 11.7 Å². The van der Waals surface area contributed by atoms with Crippen molar-refractivity contribution in [3.05, 3.63) is 29.3 Å². The highest BCUT2D eigenvalue weighted by molar-refractivity contribution is 5.38. The number of ether oxygens (including phenoxy) is 1. The molecule has 0 radical (unpaired) electrons. The molecule has 1 fully saturated rings. The minimum atomic E-state index is 0.205. The van der Waals surface area contributed by atoms with E-state index in [4.69, 9.17) is 10.5 Å². The number of rotatable bonds is 3. The van der Waals surface area contributed by atoms with E-state index in [0.717, 1.165) is 24.5 Å². The van der Waals surface area contributed by atoms with Crippen LogP contribution in [0.1, 0.15) is 50.2 Å². The average Bonchev–Trinajstić information content (AvgIpc) is 2.89. The summed E-state index contributed by atoms with van der Waals surface area (Å²) in [5.41, 5.74) is 9.22. The molecule has 0 aromatic heterocycles. The minimum absolute atomic E-state index is 0.205. The van der Waals surface area contributed by atoms with Gasteiger partial charge in [0.2, 0.25) is 0 Å². The Morgan fingerprint density at radius 1 is 1.21 bits per heavy atom. The van der Waals surface area contributed by atoms with Crippen LogP contribution in [-0.4, -0.2) is 12.1 Å². The number of hydrogen-bond acceptors (Lipinski definition) is 2. The molecule has 2 aliphatic rings. The maximum absolute atomic E-state index is 6.23. The molecular formula is C17H25NO. The Morgan fingerprint density at radius 2 is 2.05 bits per heavy atom. The first-order valence-corrected chi connectivity index (χ1v) is 7.80. The van der Waals surface area contributed by atoms with E-state index in [2.05, 4.69) is 25.1 Å². The molecule has 2 nitrogen and oxygen atoms in total. The van der Waals surface area contributed by atoms with Crippen LogP contribution < -0.4 is 10.5 Å². The van der Waals surface area contributed by atoms with Crippen LogP contribution in [0.15, 0.2) is 18.2 Å². The summed E-state index contributed by atoms with van der Waals surface area (Å²) in [7, 11) is 0. The lowest BCUT2D eigenvalue weighted by atomic mass is 9.83. The predicted octanol–water partition coefficient (Wildman–Crippen LogP) is 3.46. The first kappa shape index (κ1) is 13.0. The quantitative estimate of drug-likeness (QED) is 0.902. The van der Waals surface area contributed by atoms with E-state index in [9.17, 15) is 0 Å². The third-order valence-electron chi connectivity index (χ3n) is 4.89. The Balaban J connectivity index is 1.69. The molecule has 3 atom stereocenters. The van der Waals surface area contributed by atoms with Gasteiger partial charge >= 0.3 is 0 Å².